The number of methoxy groups -OCH3 is 1. The normalized spacial score (nSPS) is 13.0. The number of benzene rings is 1. The maximum atomic E-state index is 5.17. The van der Waals surface area contributed by atoms with E-state index in [4.69, 9.17) is 4.74 Å². The zero-order chi connectivity index (χ0) is 8.27. The summed E-state index contributed by atoms with van der Waals surface area (Å²) in [6.45, 7) is 2.04. The van der Waals surface area contributed by atoms with Crippen LogP contribution in [0.4, 0.5) is 0 Å². The standard InChI is InChI=1S/C9H11IO/c1-7(11-2)8-3-5-9(10)6-4-8/h3-7H,1-2H3/t7-/m1/s1. The van der Waals surface area contributed by atoms with Gasteiger partial charge in [0.05, 0.1) is 6.10 Å². The van der Waals surface area contributed by atoms with E-state index in [-0.39, 0.29) is 6.10 Å². The van der Waals surface area contributed by atoms with Gasteiger partial charge in [-0.15, -0.1) is 0 Å². The largest absolute Gasteiger partial charge is 0.377 e. The van der Waals surface area contributed by atoms with Crippen LogP contribution in [0.5, 0.6) is 0 Å². The Morgan fingerprint density at radius 1 is 1.27 bits per heavy atom. The highest BCUT2D eigenvalue weighted by molar-refractivity contribution is 14.1. The van der Waals surface area contributed by atoms with E-state index < -0.39 is 0 Å². The first-order chi connectivity index (χ1) is 5.24. The Hall–Kier alpha value is -0.0900. The zero-order valence-corrected chi connectivity index (χ0v) is 8.83. The Bertz CT molecular complexity index is 218. The number of hydrogen-bond donors (Lipinski definition) is 0. The van der Waals surface area contributed by atoms with Gasteiger partial charge in [0.1, 0.15) is 0 Å². The second-order valence-electron chi connectivity index (χ2n) is 2.43. The third-order valence-corrected chi connectivity index (χ3v) is 2.41. The SMILES string of the molecule is CO[C@H](C)c1ccc(I)cc1. The summed E-state index contributed by atoms with van der Waals surface area (Å²) in [7, 11) is 1.72. The maximum Gasteiger partial charge on any atom is 0.0793 e. The Kier molecular flexibility index (Phi) is 3.33. The molecule has 0 aliphatic carbocycles. The molecule has 0 spiro atoms. The third kappa shape index (κ3) is 2.45. The predicted molar refractivity (Wildman–Crippen MR) is 54.6 cm³/mol. The van der Waals surface area contributed by atoms with Crippen LogP contribution >= 0.6 is 22.6 Å². The molecule has 0 radical (unpaired) electrons. The fourth-order valence-corrected chi connectivity index (χ4v) is 1.23. The van der Waals surface area contributed by atoms with E-state index in [0.717, 1.165) is 0 Å². The molecule has 0 bridgehead atoms. The molecule has 60 valence electrons. The molecule has 0 aliphatic rings. The van der Waals surface area contributed by atoms with E-state index in [2.05, 4.69) is 46.9 Å². The van der Waals surface area contributed by atoms with Gasteiger partial charge < -0.3 is 4.74 Å². The summed E-state index contributed by atoms with van der Waals surface area (Å²) in [4.78, 5) is 0. The van der Waals surface area contributed by atoms with E-state index in [1.807, 2.05) is 6.92 Å². The monoisotopic (exact) mass is 262 g/mol. The molecule has 1 aromatic rings. The average molecular weight is 262 g/mol. The minimum absolute atomic E-state index is 0.201. The van der Waals surface area contributed by atoms with Gasteiger partial charge in [0.2, 0.25) is 0 Å². The van der Waals surface area contributed by atoms with Crippen LogP contribution in [0.15, 0.2) is 24.3 Å². The van der Waals surface area contributed by atoms with Gasteiger partial charge in [-0.25, -0.2) is 0 Å². The molecule has 1 atom stereocenters. The molecular formula is C9H11IO. The van der Waals surface area contributed by atoms with Crippen molar-refractivity contribution in [2.75, 3.05) is 7.11 Å². The molecule has 0 N–H and O–H groups in total. The van der Waals surface area contributed by atoms with Gasteiger partial charge in [-0.1, -0.05) is 12.1 Å². The van der Waals surface area contributed by atoms with Crippen molar-refractivity contribution in [3.63, 3.8) is 0 Å². The van der Waals surface area contributed by atoms with Gasteiger partial charge in [-0.05, 0) is 47.2 Å². The summed E-state index contributed by atoms with van der Waals surface area (Å²) < 4.78 is 6.43. The van der Waals surface area contributed by atoms with Gasteiger partial charge in [0.15, 0.2) is 0 Å². The van der Waals surface area contributed by atoms with Crippen LogP contribution in [0.3, 0.4) is 0 Å². The van der Waals surface area contributed by atoms with E-state index >= 15 is 0 Å². The first-order valence-electron chi connectivity index (χ1n) is 3.52. The summed E-state index contributed by atoms with van der Waals surface area (Å²) in [6, 6.07) is 8.36. The highest BCUT2D eigenvalue weighted by Crippen LogP contribution is 2.16. The summed E-state index contributed by atoms with van der Waals surface area (Å²) in [5, 5.41) is 0. The van der Waals surface area contributed by atoms with E-state index in [1.54, 1.807) is 7.11 Å². The number of ether oxygens (including phenoxy) is 1. The second-order valence-corrected chi connectivity index (χ2v) is 3.68. The molecule has 0 heterocycles. The van der Waals surface area contributed by atoms with E-state index in [0.29, 0.717) is 0 Å². The third-order valence-electron chi connectivity index (χ3n) is 1.69. The van der Waals surface area contributed by atoms with Crippen LogP contribution in [0, 0.1) is 3.57 Å². The van der Waals surface area contributed by atoms with E-state index in [1.165, 1.54) is 9.13 Å². The lowest BCUT2D eigenvalue weighted by molar-refractivity contribution is 0.119. The molecule has 0 amide bonds. The number of hydrogen-bond acceptors (Lipinski definition) is 1. The smallest absolute Gasteiger partial charge is 0.0793 e. The topological polar surface area (TPSA) is 9.23 Å². The Balaban J connectivity index is 2.81. The van der Waals surface area contributed by atoms with Crippen molar-refractivity contribution in [3.05, 3.63) is 33.4 Å². The lowest BCUT2D eigenvalue weighted by Gasteiger charge is -2.08. The zero-order valence-electron chi connectivity index (χ0n) is 6.67. The van der Waals surface area contributed by atoms with Crippen LogP contribution < -0.4 is 0 Å². The van der Waals surface area contributed by atoms with Gasteiger partial charge >= 0.3 is 0 Å². The van der Waals surface area contributed by atoms with Crippen LogP contribution in [0.25, 0.3) is 0 Å². The fraction of sp³-hybridized carbons (Fsp3) is 0.333. The van der Waals surface area contributed by atoms with Crippen molar-refractivity contribution in [2.24, 2.45) is 0 Å². The summed E-state index contributed by atoms with van der Waals surface area (Å²) in [5.74, 6) is 0. The Labute approximate surface area is 80.9 Å². The molecular weight excluding hydrogens is 251 g/mol. The molecule has 0 unspecified atom stereocenters. The van der Waals surface area contributed by atoms with Crippen LogP contribution in [-0.4, -0.2) is 7.11 Å². The molecule has 0 saturated carbocycles. The molecule has 1 rings (SSSR count). The highest BCUT2D eigenvalue weighted by atomic mass is 127. The van der Waals surface area contributed by atoms with E-state index in [9.17, 15) is 0 Å². The fourth-order valence-electron chi connectivity index (χ4n) is 0.870. The van der Waals surface area contributed by atoms with Gasteiger partial charge in [-0.3, -0.25) is 0 Å². The summed E-state index contributed by atoms with van der Waals surface area (Å²) >= 11 is 2.29. The van der Waals surface area contributed by atoms with Crippen molar-refractivity contribution >= 4 is 22.6 Å². The van der Waals surface area contributed by atoms with Gasteiger partial charge in [0, 0.05) is 10.7 Å². The lowest BCUT2D eigenvalue weighted by atomic mass is 10.1. The minimum Gasteiger partial charge on any atom is -0.377 e. The second kappa shape index (κ2) is 4.07. The molecule has 1 nitrogen and oxygen atoms in total. The Morgan fingerprint density at radius 2 is 1.82 bits per heavy atom. The van der Waals surface area contributed by atoms with Gasteiger partial charge in [-0.2, -0.15) is 0 Å². The Morgan fingerprint density at radius 3 is 2.27 bits per heavy atom. The average Bonchev–Trinajstić information content (AvgIpc) is 2.05. The quantitative estimate of drug-likeness (QED) is 0.744. The van der Waals surface area contributed by atoms with Crippen LogP contribution in [0.2, 0.25) is 0 Å². The molecule has 0 aliphatic heterocycles. The molecule has 1 aromatic carbocycles. The van der Waals surface area contributed by atoms with Crippen molar-refractivity contribution in [2.45, 2.75) is 13.0 Å². The predicted octanol–water partition coefficient (Wildman–Crippen LogP) is 3.00. The molecule has 0 aromatic heterocycles. The number of halogens is 1. The van der Waals surface area contributed by atoms with Crippen LogP contribution in [-0.2, 0) is 4.74 Å². The van der Waals surface area contributed by atoms with Crippen molar-refractivity contribution in [3.8, 4) is 0 Å². The first-order valence-corrected chi connectivity index (χ1v) is 4.60. The minimum atomic E-state index is 0.201. The molecule has 0 saturated heterocycles. The maximum absolute atomic E-state index is 5.17. The summed E-state index contributed by atoms with van der Waals surface area (Å²) in [5.41, 5.74) is 1.23. The van der Waals surface area contributed by atoms with Crippen molar-refractivity contribution in [1.82, 2.24) is 0 Å². The molecule has 0 fully saturated rings. The summed E-state index contributed by atoms with van der Waals surface area (Å²) in [6.07, 6.45) is 0.201. The van der Waals surface area contributed by atoms with Crippen molar-refractivity contribution in [1.29, 1.82) is 0 Å². The van der Waals surface area contributed by atoms with Crippen molar-refractivity contribution < 1.29 is 4.74 Å². The lowest BCUT2D eigenvalue weighted by Crippen LogP contribution is -1.94. The molecule has 2 heteroatoms. The van der Waals surface area contributed by atoms with Gasteiger partial charge in [0.25, 0.3) is 0 Å². The first kappa shape index (κ1) is 9.00. The highest BCUT2D eigenvalue weighted by Gasteiger charge is 2.01. The van der Waals surface area contributed by atoms with Crippen LogP contribution in [0.1, 0.15) is 18.6 Å². The molecule has 11 heavy (non-hydrogen) atoms. The number of rotatable bonds is 2.